The minimum atomic E-state index is -0.247. The first-order valence-corrected chi connectivity index (χ1v) is 18.0. The number of fused-ring (bicyclic) bond motifs is 7. The van der Waals surface area contributed by atoms with Crippen molar-refractivity contribution >= 4 is 70.7 Å². The van der Waals surface area contributed by atoms with Crippen LogP contribution >= 0.6 is 11.3 Å². The quantitative estimate of drug-likeness (QED) is 0.196. The fraction of sp³-hybridized carbons (Fsp3) is 0.0667. The summed E-state index contributed by atoms with van der Waals surface area (Å²) in [5.74, 6) is 1.55. The summed E-state index contributed by atoms with van der Waals surface area (Å²) in [5, 5.41) is 8.84. The zero-order chi connectivity index (χ0) is 33.0. The molecule has 0 bridgehead atoms. The van der Waals surface area contributed by atoms with Gasteiger partial charge in [0.2, 0.25) is 0 Å². The van der Waals surface area contributed by atoms with Crippen LogP contribution < -0.4 is 5.32 Å². The lowest BCUT2D eigenvalue weighted by Crippen LogP contribution is -2.33. The number of aliphatic imine (C=N–C) groups is 2. The second-order valence-corrected chi connectivity index (χ2v) is 14.0. The maximum atomic E-state index is 5.13. The lowest BCUT2D eigenvalue weighted by atomic mass is 10.0. The van der Waals surface area contributed by atoms with E-state index in [1.165, 1.54) is 58.8 Å². The summed E-state index contributed by atoms with van der Waals surface area (Å²) in [6.45, 7) is 0. The van der Waals surface area contributed by atoms with E-state index in [0.717, 1.165) is 41.2 Å². The average molecular weight is 661 g/mol. The van der Waals surface area contributed by atoms with Crippen LogP contribution in [0.15, 0.2) is 168 Å². The molecule has 0 fully saturated rings. The molecule has 6 aromatic carbocycles. The van der Waals surface area contributed by atoms with Crippen LogP contribution in [0.3, 0.4) is 0 Å². The Balaban J connectivity index is 1.18. The molecule has 3 heterocycles. The number of hydrogen-bond donors (Lipinski definition) is 1. The van der Waals surface area contributed by atoms with E-state index < -0.39 is 0 Å². The van der Waals surface area contributed by atoms with Crippen LogP contribution in [-0.4, -0.2) is 16.2 Å². The summed E-state index contributed by atoms with van der Waals surface area (Å²) in [6, 6.07) is 49.7. The maximum Gasteiger partial charge on any atom is 0.159 e. The van der Waals surface area contributed by atoms with Crippen molar-refractivity contribution < 1.29 is 0 Å². The van der Waals surface area contributed by atoms with Gasteiger partial charge in [-0.2, -0.15) is 0 Å². The summed E-state index contributed by atoms with van der Waals surface area (Å²) in [7, 11) is 0. The molecule has 2 aliphatic rings. The molecule has 1 N–H and O–H groups in total. The number of nitrogens with one attached hydrogen (secondary N) is 1. The highest BCUT2D eigenvalue weighted by Gasteiger charge is 2.23. The molecule has 1 aliphatic heterocycles. The zero-order valence-corrected chi connectivity index (χ0v) is 28.1. The SMILES string of the molecule is C1=CC(n2c3cc(C4=NC(c5ccccc5)=NC(c5ccccc5)N4)ccc3c3c4sc5ccc(-c6ccccc6)cc5c4ccc32)=CCC1. The molecule has 0 amide bonds. The summed E-state index contributed by atoms with van der Waals surface area (Å²) < 4.78 is 5.09. The normalized spacial score (nSPS) is 16.1. The smallest absolute Gasteiger partial charge is 0.159 e. The lowest BCUT2D eigenvalue weighted by molar-refractivity contribution is 0.674. The van der Waals surface area contributed by atoms with Gasteiger partial charge in [-0.3, -0.25) is 0 Å². The van der Waals surface area contributed by atoms with Gasteiger partial charge < -0.3 is 9.88 Å². The van der Waals surface area contributed by atoms with E-state index in [2.05, 4.69) is 143 Å². The second kappa shape index (κ2) is 11.8. The van der Waals surface area contributed by atoms with E-state index in [1.54, 1.807) is 0 Å². The van der Waals surface area contributed by atoms with Crippen molar-refractivity contribution in [3.8, 4) is 11.1 Å². The first-order chi connectivity index (χ1) is 24.8. The predicted octanol–water partition coefficient (Wildman–Crippen LogP) is 11.5. The van der Waals surface area contributed by atoms with E-state index in [9.17, 15) is 0 Å². The van der Waals surface area contributed by atoms with Crippen molar-refractivity contribution in [2.75, 3.05) is 0 Å². The summed E-state index contributed by atoms with van der Waals surface area (Å²) in [6.07, 6.45) is 8.79. The van der Waals surface area contributed by atoms with Gasteiger partial charge in [0.25, 0.3) is 0 Å². The third kappa shape index (κ3) is 4.81. The number of benzene rings is 6. The Morgan fingerprint density at radius 3 is 2.14 bits per heavy atom. The number of thiophene rings is 1. The molecule has 0 spiro atoms. The second-order valence-electron chi connectivity index (χ2n) is 12.9. The van der Waals surface area contributed by atoms with Crippen molar-refractivity contribution in [1.29, 1.82) is 0 Å². The molecular formula is C45H32N4S. The third-order valence-electron chi connectivity index (χ3n) is 9.87. The molecule has 1 aliphatic carbocycles. The molecule has 8 aromatic rings. The van der Waals surface area contributed by atoms with Crippen LogP contribution in [0.4, 0.5) is 0 Å². The Morgan fingerprint density at radius 1 is 0.620 bits per heavy atom. The Bertz CT molecular complexity index is 2710. The molecule has 5 heteroatoms. The first-order valence-electron chi connectivity index (χ1n) is 17.2. The van der Waals surface area contributed by atoms with Crippen molar-refractivity contribution in [3.63, 3.8) is 0 Å². The van der Waals surface area contributed by atoms with E-state index in [1.807, 2.05) is 35.6 Å². The van der Waals surface area contributed by atoms with Crippen molar-refractivity contribution in [2.24, 2.45) is 9.98 Å². The van der Waals surface area contributed by atoms with Gasteiger partial charge >= 0.3 is 0 Å². The molecule has 10 rings (SSSR count). The molecule has 238 valence electrons. The number of rotatable bonds is 5. The lowest BCUT2D eigenvalue weighted by Gasteiger charge is -2.24. The van der Waals surface area contributed by atoms with Crippen molar-refractivity contribution in [3.05, 3.63) is 174 Å². The van der Waals surface area contributed by atoms with Gasteiger partial charge in [-0.1, -0.05) is 127 Å². The van der Waals surface area contributed by atoms with Crippen LogP contribution in [-0.2, 0) is 0 Å². The highest BCUT2D eigenvalue weighted by molar-refractivity contribution is 7.26. The van der Waals surface area contributed by atoms with Crippen LogP contribution in [0.25, 0.3) is 58.8 Å². The van der Waals surface area contributed by atoms with E-state index in [-0.39, 0.29) is 6.17 Å². The molecule has 2 aromatic heterocycles. The number of aromatic nitrogens is 1. The van der Waals surface area contributed by atoms with E-state index in [4.69, 9.17) is 9.98 Å². The summed E-state index contributed by atoms with van der Waals surface area (Å²) >= 11 is 1.90. The molecule has 1 atom stereocenters. The fourth-order valence-electron chi connectivity index (χ4n) is 7.45. The molecule has 0 radical (unpaired) electrons. The highest BCUT2D eigenvalue weighted by Crippen LogP contribution is 2.44. The number of allylic oxidation sites excluding steroid dienone is 4. The molecule has 1 unspecified atom stereocenters. The minimum Gasteiger partial charge on any atom is -0.344 e. The van der Waals surface area contributed by atoms with Gasteiger partial charge in [-0.15, -0.1) is 11.3 Å². The van der Waals surface area contributed by atoms with Crippen LogP contribution in [0.2, 0.25) is 0 Å². The Morgan fingerprint density at radius 2 is 1.36 bits per heavy atom. The Labute approximate surface area is 294 Å². The van der Waals surface area contributed by atoms with Crippen LogP contribution in [0.1, 0.15) is 35.7 Å². The average Bonchev–Trinajstić information content (AvgIpc) is 3.74. The monoisotopic (exact) mass is 660 g/mol. The van der Waals surface area contributed by atoms with E-state index in [0.29, 0.717) is 0 Å². The topological polar surface area (TPSA) is 41.7 Å². The molecular weight excluding hydrogens is 629 g/mol. The van der Waals surface area contributed by atoms with Crippen molar-refractivity contribution in [1.82, 2.24) is 9.88 Å². The van der Waals surface area contributed by atoms with Crippen molar-refractivity contribution in [2.45, 2.75) is 19.0 Å². The van der Waals surface area contributed by atoms with E-state index >= 15 is 0 Å². The van der Waals surface area contributed by atoms with Gasteiger partial charge in [0.05, 0.1) is 11.0 Å². The van der Waals surface area contributed by atoms with Gasteiger partial charge in [-0.05, 0) is 59.9 Å². The summed E-state index contributed by atoms with van der Waals surface area (Å²) in [5.41, 5.74) is 9.24. The number of hydrogen-bond acceptors (Lipinski definition) is 4. The molecule has 0 saturated heterocycles. The van der Waals surface area contributed by atoms with Gasteiger partial charge in [0, 0.05) is 47.8 Å². The van der Waals surface area contributed by atoms with Gasteiger partial charge in [0.1, 0.15) is 12.0 Å². The largest absolute Gasteiger partial charge is 0.344 e. The highest BCUT2D eigenvalue weighted by atomic mass is 32.1. The first kappa shape index (κ1) is 28.9. The predicted molar refractivity (Wildman–Crippen MR) is 212 cm³/mol. The van der Waals surface area contributed by atoms with Gasteiger partial charge in [0.15, 0.2) is 5.84 Å². The maximum absolute atomic E-state index is 5.13. The molecule has 0 saturated carbocycles. The van der Waals surface area contributed by atoms with Crippen LogP contribution in [0, 0.1) is 0 Å². The zero-order valence-electron chi connectivity index (χ0n) is 27.3. The number of amidine groups is 2. The minimum absolute atomic E-state index is 0.247. The standard InChI is InChI=1S/C45H32N4S/c1-5-13-29(14-6-1)32-22-26-40-37(27-32)35-24-25-38-41(42(35)50-40)36-23-21-33(28-39(36)49(38)34-19-11-4-12-20-34)45-47-43(30-15-7-2-8-16-30)46-44(48-45)31-17-9-3-10-18-31/h1-3,5-11,13-28,43H,4,12H2,(H,46,47,48). The summed E-state index contributed by atoms with van der Waals surface area (Å²) in [4.78, 5) is 10.2. The van der Waals surface area contributed by atoms with Gasteiger partial charge in [-0.25, -0.2) is 9.98 Å². The Hall–Kier alpha value is -6.04. The fourth-order valence-corrected chi connectivity index (χ4v) is 8.69. The third-order valence-corrected chi connectivity index (χ3v) is 11.1. The van der Waals surface area contributed by atoms with Crippen LogP contribution in [0.5, 0.6) is 0 Å². The molecule has 50 heavy (non-hydrogen) atoms. The Kier molecular flexibility index (Phi) is 6.84. The molecule has 4 nitrogen and oxygen atoms in total. The number of nitrogens with zero attached hydrogens (tertiary/aromatic N) is 3.